The molecule has 1 nitrogen and oxygen atoms in total. The molecular weight excluding hydrogens is 244 g/mol. The van der Waals surface area contributed by atoms with Crippen molar-refractivity contribution in [2.75, 3.05) is 0 Å². The van der Waals surface area contributed by atoms with Crippen molar-refractivity contribution in [3.63, 3.8) is 0 Å². The molecule has 1 saturated carbocycles. The molecule has 1 N–H and O–H groups in total. The molecule has 1 heteroatoms. The van der Waals surface area contributed by atoms with Gasteiger partial charge >= 0.3 is 0 Å². The van der Waals surface area contributed by atoms with Crippen molar-refractivity contribution in [3.8, 4) is 0 Å². The molecule has 0 heterocycles. The SMILES string of the molecule is OC1[C@H](Cc2ccccc2)CC[C@H]1Cc1ccccc1. The second-order valence-corrected chi connectivity index (χ2v) is 5.97. The van der Waals surface area contributed by atoms with Crippen LogP contribution in [0.3, 0.4) is 0 Å². The topological polar surface area (TPSA) is 20.2 Å². The second-order valence-electron chi connectivity index (χ2n) is 5.97. The fraction of sp³-hybridized carbons (Fsp3) is 0.368. The highest BCUT2D eigenvalue weighted by molar-refractivity contribution is 5.18. The molecule has 2 aromatic carbocycles. The van der Waals surface area contributed by atoms with E-state index in [-0.39, 0.29) is 6.10 Å². The third kappa shape index (κ3) is 3.10. The molecule has 104 valence electrons. The lowest BCUT2D eigenvalue weighted by Crippen LogP contribution is -2.24. The van der Waals surface area contributed by atoms with Crippen LogP contribution in [0.4, 0.5) is 0 Å². The zero-order valence-corrected chi connectivity index (χ0v) is 11.8. The molecule has 20 heavy (non-hydrogen) atoms. The van der Waals surface area contributed by atoms with Crippen LogP contribution in [-0.4, -0.2) is 11.2 Å². The van der Waals surface area contributed by atoms with E-state index in [2.05, 4.69) is 48.5 Å². The van der Waals surface area contributed by atoms with Gasteiger partial charge in [0.2, 0.25) is 0 Å². The van der Waals surface area contributed by atoms with Gasteiger partial charge in [-0.3, -0.25) is 0 Å². The number of aliphatic hydroxyl groups excluding tert-OH is 1. The Hall–Kier alpha value is -1.60. The maximum absolute atomic E-state index is 10.6. The first kappa shape index (κ1) is 13.4. The van der Waals surface area contributed by atoms with Crippen molar-refractivity contribution < 1.29 is 5.11 Å². The van der Waals surface area contributed by atoms with Gasteiger partial charge in [-0.2, -0.15) is 0 Å². The van der Waals surface area contributed by atoms with Gasteiger partial charge in [-0.15, -0.1) is 0 Å². The third-order valence-corrected chi connectivity index (χ3v) is 4.56. The quantitative estimate of drug-likeness (QED) is 0.891. The summed E-state index contributed by atoms with van der Waals surface area (Å²) in [4.78, 5) is 0. The summed E-state index contributed by atoms with van der Waals surface area (Å²) in [6.45, 7) is 0. The molecule has 0 amide bonds. The Bertz CT molecular complexity index is 470. The Morgan fingerprint density at radius 3 is 1.50 bits per heavy atom. The minimum Gasteiger partial charge on any atom is -0.393 e. The van der Waals surface area contributed by atoms with E-state index < -0.39 is 0 Å². The number of hydrogen-bond donors (Lipinski definition) is 1. The zero-order chi connectivity index (χ0) is 13.8. The van der Waals surface area contributed by atoms with Crippen LogP contribution in [-0.2, 0) is 12.8 Å². The molecular formula is C19H22O. The monoisotopic (exact) mass is 266 g/mol. The normalized spacial score (nSPS) is 23.1. The van der Waals surface area contributed by atoms with Gasteiger partial charge in [0.25, 0.3) is 0 Å². The standard InChI is InChI=1S/C19H22O/c20-19-17(13-15-7-3-1-4-8-15)11-12-18(19)14-16-9-5-2-6-10-16/h1-10,17-20H,11-14H2/t17-,18-/m0/s1. The highest BCUT2D eigenvalue weighted by Crippen LogP contribution is 2.35. The van der Waals surface area contributed by atoms with Crippen LogP contribution >= 0.6 is 0 Å². The summed E-state index contributed by atoms with van der Waals surface area (Å²) >= 11 is 0. The van der Waals surface area contributed by atoms with E-state index in [1.54, 1.807) is 0 Å². The number of rotatable bonds is 4. The molecule has 1 aliphatic rings. The zero-order valence-electron chi connectivity index (χ0n) is 11.8. The van der Waals surface area contributed by atoms with E-state index in [1.165, 1.54) is 11.1 Å². The molecule has 0 unspecified atom stereocenters. The van der Waals surface area contributed by atoms with Gasteiger partial charge < -0.3 is 5.11 Å². The van der Waals surface area contributed by atoms with Crippen molar-refractivity contribution in [2.45, 2.75) is 31.8 Å². The Morgan fingerprint density at radius 1 is 0.700 bits per heavy atom. The van der Waals surface area contributed by atoms with Crippen LogP contribution in [0, 0.1) is 11.8 Å². The van der Waals surface area contributed by atoms with Gasteiger partial charge in [0, 0.05) is 0 Å². The first-order chi connectivity index (χ1) is 9.83. The summed E-state index contributed by atoms with van der Waals surface area (Å²) in [5.41, 5.74) is 2.69. The molecule has 2 aromatic rings. The largest absolute Gasteiger partial charge is 0.393 e. The van der Waals surface area contributed by atoms with Gasteiger partial charge in [0.05, 0.1) is 6.10 Å². The lowest BCUT2D eigenvalue weighted by Gasteiger charge is -2.20. The summed E-state index contributed by atoms with van der Waals surface area (Å²) in [6.07, 6.45) is 4.15. The first-order valence-corrected chi connectivity index (χ1v) is 7.59. The van der Waals surface area contributed by atoms with Gasteiger partial charge in [0.15, 0.2) is 0 Å². The highest BCUT2D eigenvalue weighted by Gasteiger charge is 2.34. The Morgan fingerprint density at radius 2 is 1.10 bits per heavy atom. The van der Waals surface area contributed by atoms with Crippen molar-refractivity contribution in [1.29, 1.82) is 0 Å². The van der Waals surface area contributed by atoms with Gasteiger partial charge in [0.1, 0.15) is 0 Å². The van der Waals surface area contributed by atoms with Gasteiger partial charge in [-0.1, -0.05) is 60.7 Å². The average Bonchev–Trinajstić information content (AvgIpc) is 2.83. The maximum atomic E-state index is 10.6. The fourth-order valence-electron chi connectivity index (χ4n) is 3.43. The Balaban J connectivity index is 1.61. The van der Waals surface area contributed by atoms with E-state index in [0.29, 0.717) is 11.8 Å². The number of benzene rings is 2. The summed E-state index contributed by atoms with van der Waals surface area (Å²) in [5, 5.41) is 10.6. The molecule has 1 fully saturated rings. The van der Waals surface area contributed by atoms with Crippen molar-refractivity contribution >= 4 is 0 Å². The summed E-state index contributed by atoms with van der Waals surface area (Å²) in [6, 6.07) is 21.1. The molecule has 0 aliphatic heterocycles. The van der Waals surface area contributed by atoms with E-state index in [0.717, 1.165) is 25.7 Å². The number of hydrogen-bond acceptors (Lipinski definition) is 1. The summed E-state index contributed by atoms with van der Waals surface area (Å²) in [7, 11) is 0. The van der Waals surface area contributed by atoms with Crippen LogP contribution in [0.5, 0.6) is 0 Å². The van der Waals surface area contributed by atoms with E-state index >= 15 is 0 Å². The van der Waals surface area contributed by atoms with Crippen LogP contribution in [0.2, 0.25) is 0 Å². The highest BCUT2D eigenvalue weighted by atomic mass is 16.3. The lowest BCUT2D eigenvalue weighted by molar-refractivity contribution is 0.0909. The van der Waals surface area contributed by atoms with Crippen molar-refractivity contribution in [3.05, 3.63) is 71.8 Å². The van der Waals surface area contributed by atoms with E-state index in [9.17, 15) is 5.11 Å². The van der Waals surface area contributed by atoms with Crippen LogP contribution < -0.4 is 0 Å². The fourth-order valence-corrected chi connectivity index (χ4v) is 3.43. The van der Waals surface area contributed by atoms with E-state index in [1.807, 2.05) is 12.1 Å². The van der Waals surface area contributed by atoms with Crippen molar-refractivity contribution in [1.82, 2.24) is 0 Å². The Kier molecular flexibility index (Phi) is 4.17. The minimum absolute atomic E-state index is 0.157. The third-order valence-electron chi connectivity index (χ3n) is 4.56. The van der Waals surface area contributed by atoms with Crippen LogP contribution in [0.1, 0.15) is 24.0 Å². The maximum Gasteiger partial charge on any atom is 0.0602 e. The average molecular weight is 266 g/mol. The molecule has 2 atom stereocenters. The molecule has 0 aromatic heterocycles. The lowest BCUT2D eigenvalue weighted by atomic mass is 9.91. The molecule has 0 radical (unpaired) electrons. The van der Waals surface area contributed by atoms with Gasteiger partial charge in [-0.25, -0.2) is 0 Å². The molecule has 1 aliphatic carbocycles. The smallest absolute Gasteiger partial charge is 0.0602 e. The first-order valence-electron chi connectivity index (χ1n) is 7.59. The van der Waals surface area contributed by atoms with Crippen molar-refractivity contribution in [2.24, 2.45) is 11.8 Å². The molecule has 0 bridgehead atoms. The second kappa shape index (κ2) is 6.23. The predicted molar refractivity (Wildman–Crippen MR) is 82.5 cm³/mol. The van der Waals surface area contributed by atoms with E-state index in [4.69, 9.17) is 0 Å². The molecule has 0 spiro atoms. The molecule has 0 saturated heterocycles. The van der Waals surface area contributed by atoms with Crippen LogP contribution in [0.15, 0.2) is 60.7 Å². The Labute approximate surface area is 121 Å². The minimum atomic E-state index is -0.157. The van der Waals surface area contributed by atoms with Gasteiger partial charge in [-0.05, 0) is 48.6 Å². The molecule has 3 rings (SSSR count). The predicted octanol–water partition coefficient (Wildman–Crippen LogP) is 3.86. The summed E-state index contributed by atoms with van der Waals surface area (Å²) in [5.74, 6) is 0.845. The van der Waals surface area contributed by atoms with Crippen LogP contribution in [0.25, 0.3) is 0 Å². The number of aliphatic hydroxyl groups is 1. The summed E-state index contributed by atoms with van der Waals surface area (Å²) < 4.78 is 0.